The summed E-state index contributed by atoms with van der Waals surface area (Å²) in [5.41, 5.74) is 6.97. The molecule has 2 aromatic rings. The van der Waals surface area contributed by atoms with E-state index in [4.69, 9.17) is 0 Å². The summed E-state index contributed by atoms with van der Waals surface area (Å²) >= 11 is 0. The van der Waals surface area contributed by atoms with E-state index < -0.39 is 10.0 Å². The van der Waals surface area contributed by atoms with Crippen molar-refractivity contribution in [1.82, 2.24) is 29.6 Å². The van der Waals surface area contributed by atoms with Crippen LogP contribution in [0.15, 0.2) is 41.6 Å². The number of piperazine rings is 1. The second-order valence-corrected chi connectivity index (χ2v) is 10.4. The van der Waals surface area contributed by atoms with Gasteiger partial charge in [-0.2, -0.15) is 4.31 Å². The minimum absolute atomic E-state index is 0.0385. The first-order valence-electron chi connectivity index (χ1n) is 10.6. The summed E-state index contributed by atoms with van der Waals surface area (Å²) in [7, 11) is -1.82. The van der Waals surface area contributed by atoms with Crippen LogP contribution in [0.25, 0.3) is 0 Å². The zero-order valence-electron chi connectivity index (χ0n) is 18.2. The van der Waals surface area contributed by atoms with Crippen LogP contribution in [0.4, 0.5) is 0 Å². The molecular formula is C21H30N6O3S. The number of aromatic nitrogens is 2. The van der Waals surface area contributed by atoms with Crippen molar-refractivity contribution in [1.29, 1.82) is 0 Å². The van der Waals surface area contributed by atoms with Crippen molar-refractivity contribution in [2.24, 2.45) is 7.05 Å². The first-order valence-corrected chi connectivity index (χ1v) is 12.1. The molecule has 0 saturated carbocycles. The van der Waals surface area contributed by atoms with Crippen LogP contribution in [0.5, 0.6) is 0 Å². The summed E-state index contributed by atoms with van der Waals surface area (Å²) in [4.78, 5) is 18.7. The van der Waals surface area contributed by atoms with E-state index in [-0.39, 0.29) is 28.9 Å². The van der Waals surface area contributed by atoms with Gasteiger partial charge in [-0.15, -0.1) is 0 Å². The quantitative estimate of drug-likeness (QED) is 0.711. The van der Waals surface area contributed by atoms with Gasteiger partial charge >= 0.3 is 0 Å². The van der Waals surface area contributed by atoms with Crippen molar-refractivity contribution >= 4 is 15.9 Å². The lowest BCUT2D eigenvalue weighted by Crippen LogP contribution is -2.60. The highest BCUT2D eigenvalue weighted by Gasteiger charge is 2.38. The summed E-state index contributed by atoms with van der Waals surface area (Å²) in [6.07, 6.45) is 1.97. The van der Waals surface area contributed by atoms with Crippen LogP contribution < -0.4 is 10.9 Å². The predicted molar refractivity (Wildman–Crippen MR) is 116 cm³/mol. The highest BCUT2D eigenvalue weighted by molar-refractivity contribution is 7.89. The van der Waals surface area contributed by atoms with Crippen LogP contribution in [0, 0.1) is 0 Å². The number of hydrogen-bond donors (Lipinski definition) is 2. The zero-order valence-corrected chi connectivity index (χ0v) is 19.0. The minimum Gasteiger partial charge on any atom is -0.336 e. The Kier molecular flexibility index (Phi) is 6.16. The number of nitrogens with one attached hydrogen (secondary N) is 2. The molecule has 31 heavy (non-hydrogen) atoms. The lowest BCUT2D eigenvalue weighted by atomic mass is 9.94. The predicted octanol–water partition coefficient (Wildman–Crippen LogP) is 0.984. The van der Waals surface area contributed by atoms with Gasteiger partial charge in [-0.25, -0.2) is 18.8 Å². The maximum absolute atomic E-state index is 13.2. The fraction of sp³-hybridized carbons (Fsp3) is 0.524. The minimum atomic E-state index is -3.65. The van der Waals surface area contributed by atoms with Gasteiger partial charge in [0.1, 0.15) is 5.82 Å². The number of carbonyl (C=O) groups is 1. The number of rotatable bonds is 5. The van der Waals surface area contributed by atoms with Gasteiger partial charge in [0.25, 0.3) is 10.0 Å². The van der Waals surface area contributed by atoms with Gasteiger partial charge in [0, 0.05) is 57.8 Å². The van der Waals surface area contributed by atoms with Gasteiger partial charge in [-0.1, -0.05) is 44.2 Å². The molecule has 2 N–H and O–H groups in total. The zero-order chi connectivity index (χ0) is 22.2. The smallest absolute Gasteiger partial charge is 0.262 e. The van der Waals surface area contributed by atoms with Crippen molar-refractivity contribution in [2.75, 3.05) is 26.2 Å². The Hall–Kier alpha value is -2.27. The molecule has 1 aromatic heterocycles. The average molecular weight is 447 g/mol. The number of aryl methyl sites for hydroxylation is 1. The molecule has 0 bridgehead atoms. The topological polar surface area (TPSA) is 99.6 Å². The van der Waals surface area contributed by atoms with Crippen LogP contribution in [0.2, 0.25) is 0 Å². The number of imidazole rings is 1. The Balaban J connectivity index is 1.48. The highest BCUT2D eigenvalue weighted by atomic mass is 32.2. The lowest BCUT2D eigenvalue weighted by molar-refractivity contribution is -0.127. The van der Waals surface area contributed by atoms with E-state index in [0.717, 1.165) is 11.4 Å². The molecule has 1 amide bonds. The molecule has 0 radical (unpaired) electrons. The number of carbonyl (C=O) groups excluding carboxylic acids is 1. The van der Waals surface area contributed by atoms with E-state index in [1.54, 1.807) is 10.8 Å². The van der Waals surface area contributed by atoms with Crippen LogP contribution in [-0.4, -0.2) is 65.3 Å². The van der Waals surface area contributed by atoms with Gasteiger partial charge in [-0.3, -0.25) is 15.1 Å². The number of nitrogens with zero attached hydrogens (tertiary/aromatic N) is 4. The van der Waals surface area contributed by atoms with E-state index in [1.165, 1.54) is 4.31 Å². The summed E-state index contributed by atoms with van der Waals surface area (Å²) in [6.45, 7) is 5.85. The van der Waals surface area contributed by atoms with E-state index in [1.807, 2.05) is 51.2 Å². The molecule has 0 aliphatic carbocycles. The molecule has 2 saturated heterocycles. The maximum Gasteiger partial charge on any atom is 0.262 e. The highest BCUT2D eigenvalue weighted by Crippen LogP contribution is 2.28. The molecular weight excluding hydrogens is 416 g/mol. The molecule has 2 aliphatic rings. The molecule has 168 valence electrons. The Morgan fingerprint density at radius 3 is 2.39 bits per heavy atom. The summed E-state index contributed by atoms with van der Waals surface area (Å²) in [6, 6.07) is 9.91. The van der Waals surface area contributed by atoms with E-state index >= 15 is 0 Å². The van der Waals surface area contributed by atoms with Crippen LogP contribution >= 0.6 is 0 Å². The summed E-state index contributed by atoms with van der Waals surface area (Å²) in [5, 5.41) is 0.105. The molecule has 0 spiro atoms. The van der Waals surface area contributed by atoms with Crippen LogP contribution in [-0.2, 0) is 21.9 Å². The number of sulfonamides is 1. The second-order valence-electron chi connectivity index (χ2n) is 8.50. The van der Waals surface area contributed by atoms with Gasteiger partial charge in [0.2, 0.25) is 5.91 Å². The average Bonchev–Trinajstić information content (AvgIpc) is 3.17. The molecule has 9 nitrogen and oxygen atoms in total. The molecule has 2 aliphatic heterocycles. The number of hydrogen-bond acceptors (Lipinski definition) is 6. The van der Waals surface area contributed by atoms with E-state index in [0.29, 0.717) is 32.6 Å². The summed E-state index contributed by atoms with van der Waals surface area (Å²) in [5.74, 6) is 0.842. The Bertz CT molecular complexity index is 1030. The Morgan fingerprint density at radius 1 is 1.10 bits per heavy atom. The molecule has 10 heteroatoms. The van der Waals surface area contributed by atoms with Crippen molar-refractivity contribution < 1.29 is 13.2 Å². The van der Waals surface area contributed by atoms with Crippen LogP contribution in [0.1, 0.15) is 43.6 Å². The molecule has 2 atom stereocenters. The first-order chi connectivity index (χ1) is 14.8. The fourth-order valence-corrected chi connectivity index (χ4v) is 5.85. The number of hydrazine groups is 1. The first kappa shape index (κ1) is 21.9. The van der Waals surface area contributed by atoms with E-state index in [9.17, 15) is 13.2 Å². The Morgan fingerprint density at radius 2 is 1.77 bits per heavy atom. The third-order valence-corrected chi connectivity index (χ3v) is 7.83. The van der Waals surface area contributed by atoms with Crippen molar-refractivity contribution in [3.63, 3.8) is 0 Å². The van der Waals surface area contributed by atoms with Gasteiger partial charge < -0.3 is 4.57 Å². The van der Waals surface area contributed by atoms with Crippen molar-refractivity contribution in [3.05, 3.63) is 47.9 Å². The number of benzene rings is 1. The van der Waals surface area contributed by atoms with Gasteiger partial charge in [0.15, 0.2) is 5.03 Å². The molecule has 1 aromatic carbocycles. The third-order valence-electron chi connectivity index (χ3n) is 6.06. The van der Waals surface area contributed by atoms with Gasteiger partial charge in [-0.05, 0) is 5.56 Å². The third kappa shape index (κ3) is 4.38. The molecule has 2 fully saturated rings. The SMILES string of the molecule is CC(C)c1nc(S(=O)(=O)N2CCN(C3CC(=O)NNC3c3ccccc3)CC2)cn1C. The normalized spacial score (nSPS) is 23.8. The van der Waals surface area contributed by atoms with Gasteiger partial charge in [0.05, 0.1) is 6.04 Å². The summed E-state index contributed by atoms with van der Waals surface area (Å²) < 4.78 is 29.6. The van der Waals surface area contributed by atoms with Crippen molar-refractivity contribution in [2.45, 2.75) is 43.3 Å². The molecule has 3 heterocycles. The standard InChI is InChI=1S/C21H30N6O3S/c1-15(2)21-22-19(14-25(21)3)31(29,30)27-11-9-26(10-12-27)17-13-18(28)23-24-20(17)16-7-5-4-6-8-16/h4-8,14-15,17,20,24H,9-13H2,1-3H3,(H,23,28). The molecule has 4 rings (SSSR count). The van der Waals surface area contributed by atoms with Crippen molar-refractivity contribution in [3.8, 4) is 0 Å². The maximum atomic E-state index is 13.2. The Labute approximate surface area is 183 Å². The lowest BCUT2D eigenvalue weighted by Gasteiger charge is -2.43. The number of amides is 1. The van der Waals surface area contributed by atoms with E-state index in [2.05, 4.69) is 20.7 Å². The van der Waals surface area contributed by atoms with Crippen LogP contribution in [0.3, 0.4) is 0 Å². The molecule has 2 unspecified atom stereocenters. The fourth-order valence-electron chi connectivity index (χ4n) is 4.44. The largest absolute Gasteiger partial charge is 0.336 e. The monoisotopic (exact) mass is 446 g/mol. The second kappa shape index (κ2) is 8.70.